The van der Waals surface area contributed by atoms with E-state index in [1.807, 2.05) is 0 Å². The van der Waals surface area contributed by atoms with Crippen molar-refractivity contribution < 1.29 is 4.79 Å². The molecule has 1 aliphatic heterocycles. The Morgan fingerprint density at radius 3 is 2.64 bits per heavy atom. The van der Waals surface area contributed by atoms with Crippen LogP contribution in [0.1, 0.15) is 33.1 Å². The second kappa shape index (κ2) is 3.86. The van der Waals surface area contributed by atoms with E-state index in [9.17, 15) is 4.79 Å². The average Bonchev–Trinajstić information content (AvgIpc) is 1.79. The van der Waals surface area contributed by atoms with Crippen molar-refractivity contribution in [3.05, 3.63) is 0 Å². The molecule has 1 N–H and O–H groups in total. The smallest absolute Gasteiger partial charge is 0.149 e. The van der Waals surface area contributed by atoms with E-state index in [1.54, 1.807) is 0 Å². The van der Waals surface area contributed by atoms with E-state index in [-0.39, 0.29) is 6.04 Å². The third-order valence-corrected chi connectivity index (χ3v) is 2.18. The summed E-state index contributed by atoms with van der Waals surface area (Å²) in [5, 5.41) is 3.12. The Balaban J connectivity index is 2.10. The van der Waals surface area contributed by atoms with E-state index >= 15 is 0 Å². The van der Waals surface area contributed by atoms with E-state index in [1.165, 1.54) is 0 Å². The van der Waals surface area contributed by atoms with Crippen molar-refractivity contribution in [3.63, 3.8) is 0 Å². The largest absolute Gasteiger partial charge is 0.307 e. The molecular weight excluding hydrogens is 138 g/mol. The number of carbonyl (C=O) groups is 1. The Morgan fingerprint density at radius 2 is 2.27 bits per heavy atom. The van der Waals surface area contributed by atoms with Crippen LogP contribution in [-0.4, -0.2) is 18.4 Å². The summed E-state index contributed by atoms with van der Waals surface area (Å²) in [6.45, 7) is 5.33. The van der Waals surface area contributed by atoms with Gasteiger partial charge in [0.2, 0.25) is 0 Å². The minimum absolute atomic E-state index is 0.203. The van der Waals surface area contributed by atoms with Gasteiger partial charge in [-0.25, -0.2) is 0 Å². The second-order valence-electron chi connectivity index (χ2n) is 3.69. The fraction of sp³-hybridized carbons (Fsp3) is 0.889. The first-order chi connectivity index (χ1) is 5.20. The molecule has 1 unspecified atom stereocenters. The van der Waals surface area contributed by atoms with E-state index in [0.717, 1.165) is 25.8 Å². The van der Waals surface area contributed by atoms with Gasteiger partial charge in [-0.3, -0.25) is 4.79 Å². The number of hydrogen-bond donors (Lipinski definition) is 1. The number of nitrogens with one attached hydrogen (secondary N) is 1. The summed E-state index contributed by atoms with van der Waals surface area (Å²) in [4.78, 5) is 11.3. The van der Waals surface area contributed by atoms with Gasteiger partial charge in [-0.05, 0) is 25.3 Å². The Morgan fingerprint density at radius 1 is 1.64 bits per heavy atom. The van der Waals surface area contributed by atoms with E-state index in [4.69, 9.17) is 0 Å². The van der Waals surface area contributed by atoms with Crippen molar-refractivity contribution >= 4 is 5.78 Å². The molecule has 0 aromatic rings. The first-order valence-corrected chi connectivity index (χ1v) is 4.46. The predicted octanol–water partition coefficient (Wildman–Crippen LogP) is 1.35. The Hall–Kier alpha value is -0.370. The molecule has 64 valence electrons. The Bertz CT molecular complexity index is 138. The number of hydrogen-bond acceptors (Lipinski definition) is 2. The van der Waals surface area contributed by atoms with Gasteiger partial charge >= 0.3 is 0 Å². The van der Waals surface area contributed by atoms with Crippen molar-refractivity contribution in [2.45, 2.75) is 39.2 Å². The van der Waals surface area contributed by atoms with Gasteiger partial charge in [-0.15, -0.1) is 0 Å². The van der Waals surface area contributed by atoms with E-state index < -0.39 is 0 Å². The highest BCUT2D eigenvalue weighted by Crippen LogP contribution is 2.10. The maximum absolute atomic E-state index is 11.3. The molecule has 0 bridgehead atoms. The van der Waals surface area contributed by atoms with Crippen molar-refractivity contribution in [2.24, 2.45) is 5.92 Å². The average molecular weight is 155 g/mol. The van der Waals surface area contributed by atoms with Crippen LogP contribution in [0.5, 0.6) is 0 Å². The van der Waals surface area contributed by atoms with Gasteiger partial charge in [0.1, 0.15) is 5.78 Å². The van der Waals surface area contributed by atoms with Crippen molar-refractivity contribution in [1.82, 2.24) is 5.32 Å². The van der Waals surface area contributed by atoms with Gasteiger partial charge in [-0.1, -0.05) is 13.8 Å². The summed E-state index contributed by atoms with van der Waals surface area (Å²) in [6.07, 6.45) is 2.85. The Labute approximate surface area is 68.4 Å². The van der Waals surface area contributed by atoms with Gasteiger partial charge in [0, 0.05) is 6.42 Å². The molecule has 0 aliphatic carbocycles. The lowest BCUT2D eigenvalue weighted by Gasteiger charge is -2.26. The van der Waals surface area contributed by atoms with Gasteiger partial charge in [0.15, 0.2) is 0 Å². The number of ketones is 1. The second-order valence-corrected chi connectivity index (χ2v) is 3.69. The number of Topliss-reactive ketones (excluding diaryl/α,β-unsaturated/α-hetero) is 1. The van der Waals surface area contributed by atoms with Crippen LogP contribution >= 0.6 is 0 Å². The summed E-state index contributed by atoms with van der Waals surface area (Å²) < 4.78 is 0. The SMILES string of the molecule is CC(C)CCC(=O)C1CCN1. The monoisotopic (exact) mass is 155 g/mol. The molecule has 11 heavy (non-hydrogen) atoms. The minimum Gasteiger partial charge on any atom is -0.307 e. The standard InChI is InChI=1S/C9H17NO/c1-7(2)3-4-9(11)8-5-6-10-8/h7-8,10H,3-6H2,1-2H3. The topological polar surface area (TPSA) is 29.1 Å². The fourth-order valence-electron chi connectivity index (χ4n) is 1.17. The normalized spacial score (nSPS) is 23.4. The molecule has 0 radical (unpaired) electrons. The lowest BCUT2D eigenvalue weighted by molar-refractivity contribution is -0.122. The Kier molecular flexibility index (Phi) is 3.06. The first kappa shape index (κ1) is 8.72. The molecule has 1 fully saturated rings. The van der Waals surface area contributed by atoms with Crippen LogP contribution in [0.2, 0.25) is 0 Å². The van der Waals surface area contributed by atoms with Crippen molar-refractivity contribution in [2.75, 3.05) is 6.54 Å². The molecule has 0 aromatic heterocycles. The fourth-order valence-corrected chi connectivity index (χ4v) is 1.17. The van der Waals surface area contributed by atoms with Gasteiger partial charge in [-0.2, -0.15) is 0 Å². The maximum atomic E-state index is 11.3. The highest BCUT2D eigenvalue weighted by atomic mass is 16.1. The number of rotatable bonds is 4. The highest BCUT2D eigenvalue weighted by Gasteiger charge is 2.23. The predicted molar refractivity (Wildman–Crippen MR) is 45.5 cm³/mol. The molecule has 1 heterocycles. The third-order valence-electron chi connectivity index (χ3n) is 2.18. The molecule has 1 aliphatic rings. The molecule has 0 aromatic carbocycles. The molecule has 2 heteroatoms. The zero-order valence-electron chi connectivity index (χ0n) is 7.39. The lowest BCUT2D eigenvalue weighted by Crippen LogP contribution is -2.48. The van der Waals surface area contributed by atoms with Crippen LogP contribution in [0.15, 0.2) is 0 Å². The molecule has 0 saturated carbocycles. The van der Waals surface area contributed by atoms with Gasteiger partial charge in [0.25, 0.3) is 0 Å². The first-order valence-electron chi connectivity index (χ1n) is 4.46. The maximum Gasteiger partial charge on any atom is 0.149 e. The summed E-state index contributed by atoms with van der Waals surface area (Å²) in [5.41, 5.74) is 0. The quantitative estimate of drug-likeness (QED) is 0.664. The number of carbonyl (C=O) groups excluding carboxylic acids is 1. The third kappa shape index (κ3) is 2.62. The minimum atomic E-state index is 0.203. The van der Waals surface area contributed by atoms with Crippen LogP contribution in [0.3, 0.4) is 0 Å². The zero-order valence-corrected chi connectivity index (χ0v) is 7.39. The molecule has 1 rings (SSSR count). The van der Waals surface area contributed by atoms with Crippen molar-refractivity contribution in [1.29, 1.82) is 0 Å². The highest BCUT2D eigenvalue weighted by molar-refractivity contribution is 5.84. The molecular formula is C9H17NO. The lowest BCUT2D eigenvalue weighted by atomic mass is 9.96. The summed E-state index contributed by atoms with van der Waals surface area (Å²) in [6, 6.07) is 0.203. The molecule has 2 nitrogen and oxygen atoms in total. The zero-order chi connectivity index (χ0) is 8.27. The summed E-state index contributed by atoms with van der Waals surface area (Å²) in [7, 11) is 0. The van der Waals surface area contributed by atoms with E-state index in [0.29, 0.717) is 11.7 Å². The van der Waals surface area contributed by atoms with Crippen LogP contribution in [0, 0.1) is 5.92 Å². The molecule has 1 saturated heterocycles. The molecule has 0 spiro atoms. The van der Waals surface area contributed by atoms with Crippen LogP contribution in [-0.2, 0) is 4.79 Å². The molecule has 0 amide bonds. The van der Waals surface area contributed by atoms with Crippen LogP contribution < -0.4 is 5.32 Å². The summed E-state index contributed by atoms with van der Waals surface area (Å²) >= 11 is 0. The summed E-state index contributed by atoms with van der Waals surface area (Å²) in [5.74, 6) is 1.06. The van der Waals surface area contributed by atoms with Crippen molar-refractivity contribution in [3.8, 4) is 0 Å². The van der Waals surface area contributed by atoms with Gasteiger partial charge in [0.05, 0.1) is 6.04 Å². The van der Waals surface area contributed by atoms with Crippen LogP contribution in [0.25, 0.3) is 0 Å². The molecule has 1 atom stereocenters. The van der Waals surface area contributed by atoms with Crippen LogP contribution in [0.4, 0.5) is 0 Å². The van der Waals surface area contributed by atoms with E-state index in [2.05, 4.69) is 19.2 Å². The van der Waals surface area contributed by atoms with Gasteiger partial charge < -0.3 is 5.32 Å².